The Morgan fingerprint density at radius 3 is 2.38 bits per heavy atom. The molecule has 0 radical (unpaired) electrons. The molecule has 2 aromatic heterocycles. The summed E-state index contributed by atoms with van der Waals surface area (Å²) in [6, 6.07) is 5.64. The lowest BCUT2D eigenvalue weighted by Crippen LogP contribution is -2.37. The molecule has 0 saturated heterocycles. The Morgan fingerprint density at radius 1 is 1.00 bits per heavy atom. The van der Waals surface area contributed by atoms with Crippen molar-refractivity contribution in [3.05, 3.63) is 36.4 Å². The molecule has 0 bridgehead atoms. The van der Waals surface area contributed by atoms with E-state index in [0.717, 1.165) is 49.0 Å². The highest BCUT2D eigenvalue weighted by atomic mass is 16.5. The number of pyridine rings is 1. The predicted octanol–water partition coefficient (Wildman–Crippen LogP) is 2.73. The van der Waals surface area contributed by atoms with E-state index < -0.39 is 0 Å². The van der Waals surface area contributed by atoms with Crippen LogP contribution in [0.3, 0.4) is 0 Å². The van der Waals surface area contributed by atoms with E-state index in [9.17, 15) is 0 Å². The predicted molar refractivity (Wildman–Crippen MR) is 103 cm³/mol. The fourth-order valence-corrected chi connectivity index (χ4v) is 3.37. The van der Waals surface area contributed by atoms with Crippen molar-refractivity contribution in [1.82, 2.24) is 20.3 Å². The Labute approximate surface area is 155 Å². The fourth-order valence-electron chi connectivity index (χ4n) is 3.37. The normalized spacial score (nSPS) is 20.1. The van der Waals surface area contributed by atoms with Crippen LogP contribution < -0.4 is 15.8 Å². The van der Waals surface area contributed by atoms with Gasteiger partial charge in [0.15, 0.2) is 0 Å². The third-order valence-electron chi connectivity index (χ3n) is 5.03. The topological polar surface area (TPSA) is 86.0 Å². The highest BCUT2D eigenvalue weighted by molar-refractivity contribution is 5.60. The van der Waals surface area contributed by atoms with Crippen LogP contribution >= 0.6 is 0 Å². The van der Waals surface area contributed by atoms with Gasteiger partial charge in [-0.15, -0.1) is 0 Å². The van der Waals surface area contributed by atoms with Crippen LogP contribution in [0.25, 0.3) is 11.1 Å². The highest BCUT2D eigenvalue weighted by Gasteiger charge is 2.17. The van der Waals surface area contributed by atoms with E-state index in [1.54, 1.807) is 19.5 Å². The van der Waals surface area contributed by atoms with Gasteiger partial charge in [-0.1, -0.05) is 6.07 Å². The van der Waals surface area contributed by atoms with Crippen molar-refractivity contribution < 1.29 is 4.74 Å². The van der Waals surface area contributed by atoms with E-state index in [0.29, 0.717) is 18.1 Å². The maximum atomic E-state index is 5.95. The number of aromatic nitrogens is 3. The molecule has 2 aromatic rings. The molecule has 1 aliphatic carbocycles. The molecule has 3 rings (SSSR count). The van der Waals surface area contributed by atoms with Gasteiger partial charge < -0.3 is 15.8 Å². The lowest BCUT2D eigenvalue weighted by molar-refractivity contribution is 0.341. The average Bonchev–Trinajstić information content (AvgIpc) is 2.70. The van der Waals surface area contributed by atoms with Crippen molar-refractivity contribution >= 4 is 0 Å². The van der Waals surface area contributed by atoms with Gasteiger partial charge in [-0.2, -0.15) is 0 Å². The summed E-state index contributed by atoms with van der Waals surface area (Å²) in [6.45, 7) is 1.08. The van der Waals surface area contributed by atoms with Crippen molar-refractivity contribution in [2.75, 3.05) is 13.7 Å². The zero-order valence-corrected chi connectivity index (χ0v) is 15.5. The smallest absolute Gasteiger partial charge is 0.316 e. The molecule has 0 aliphatic heterocycles. The Kier molecular flexibility index (Phi) is 6.91. The molecule has 1 aliphatic rings. The van der Waals surface area contributed by atoms with Gasteiger partial charge in [-0.05, 0) is 57.6 Å². The molecule has 1 saturated carbocycles. The number of ether oxygens (including phenoxy) is 1. The summed E-state index contributed by atoms with van der Waals surface area (Å²) in [4.78, 5) is 12.8. The SMILES string of the molecule is COc1ncc(-c2ccc(CCCCNC3CCC(N)CC3)nc2)cn1. The first-order valence-corrected chi connectivity index (χ1v) is 9.55. The Bertz CT molecular complexity index is 651. The van der Waals surface area contributed by atoms with E-state index in [1.807, 2.05) is 6.20 Å². The molecular formula is C20H29N5O. The van der Waals surface area contributed by atoms with Gasteiger partial charge in [0.05, 0.1) is 7.11 Å². The monoisotopic (exact) mass is 355 g/mol. The van der Waals surface area contributed by atoms with Crippen molar-refractivity contribution in [3.63, 3.8) is 0 Å². The second kappa shape index (κ2) is 9.59. The summed E-state index contributed by atoms with van der Waals surface area (Å²) in [7, 11) is 1.56. The number of nitrogens with two attached hydrogens (primary N) is 1. The molecular weight excluding hydrogens is 326 g/mol. The van der Waals surface area contributed by atoms with Crippen LogP contribution in [-0.2, 0) is 6.42 Å². The van der Waals surface area contributed by atoms with Crippen molar-refractivity contribution in [2.45, 2.75) is 57.0 Å². The molecule has 2 heterocycles. The summed E-state index contributed by atoms with van der Waals surface area (Å²) in [5, 5.41) is 3.67. The number of unbranched alkanes of at least 4 members (excludes halogenated alkanes) is 1. The molecule has 0 aromatic carbocycles. The van der Waals surface area contributed by atoms with E-state index in [1.165, 1.54) is 19.3 Å². The number of nitrogens with one attached hydrogen (secondary N) is 1. The number of hydrogen-bond acceptors (Lipinski definition) is 6. The maximum Gasteiger partial charge on any atom is 0.316 e. The van der Waals surface area contributed by atoms with Gasteiger partial charge in [0.2, 0.25) is 0 Å². The molecule has 1 fully saturated rings. The van der Waals surface area contributed by atoms with Gasteiger partial charge in [-0.25, -0.2) is 9.97 Å². The molecule has 3 N–H and O–H groups in total. The lowest BCUT2D eigenvalue weighted by Gasteiger charge is -2.26. The van der Waals surface area contributed by atoms with Gasteiger partial charge in [0.1, 0.15) is 0 Å². The van der Waals surface area contributed by atoms with E-state index >= 15 is 0 Å². The standard InChI is InChI=1S/C20H29N5O/c1-26-20-24-13-16(14-25-20)15-5-8-18(23-12-15)4-2-3-11-22-19-9-6-17(21)7-10-19/h5,8,12-14,17,19,22H,2-4,6-7,9-11,21H2,1H3. The molecule has 0 spiro atoms. The molecule has 0 atom stereocenters. The third kappa shape index (κ3) is 5.47. The summed E-state index contributed by atoms with van der Waals surface area (Å²) >= 11 is 0. The van der Waals surface area contributed by atoms with Gasteiger partial charge in [-0.3, -0.25) is 4.98 Å². The first kappa shape index (κ1) is 18.7. The summed E-state index contributed by atoms with van der Waals surface area (Å²) in [6.07, 6.45) is 13.5. The van der Waals surface area contributed by atoms with Crippen LogP contribution in [0.5, 0.6) is 6.01 Å². The Balaban J connectivity index is 1.37. The maximum absolute atomic E-state index is 5.95. The second-order valence-electron chi connectivity index (χ2n) is 7.02. The molecule has 6 nitrogen and oxygen atoms in total. The molecule has 0 amide bonds. The van der Waals surface area contributed by atoms with Crippen LogP contribution in [-0.4, -0.2) is 40.7 Å². The number of rotatable bonds is 8. The van der Waals surface area contributed by atoms with Crippen LogP contribution in [0.2, 0.25) is 0 Å². The van der Waals surface area contributed by atoms with E-state index in [4.69, 9.17) is 10.5 Å². The zero-order valence-electron chi connectivity index (χ0n) is 15.5. The van der Waals surface area contributed by atoms with Crippen molar-refractivity contribution in [3.8, 4) is 17.1 Å². The Hall–Kier alpha value is -2.05. The van der Waals surface area contributed by atoms with Crippen LogP contribution in [0.4, 0.5) is 0 Å². The minimum absolute atomic E-state index is 0.378. The van der Waals surface area contributed by atoms with Crippen LogP contribution in [0.1, 0.15) is 44.2 Å². The van der Waals surface area contributed by atoms with Gasteiger partial charge in [0, 0.05) is 47.5 Å². The van der Waals surface area contributed by atoms with Gasteiger partial charge in [0.25, 0.3) is 0 Å². The fraction of sp³-hybridized carbons (Fsp3) is 0.550. The van der Waals surface area contributed by atoms with E-state index in [2.05, 4.69) is 32.4 Å². The van der Waals surface area contributed by atoms with Crippen LogP contribution in [0, 0.1) is 0 Å². The van der Waals surface area contributed by atoms with Crippen molar-refractivity contribution in [1.29, 1.82) is 0 Å². The first-order valence-electron chi connectivity index (χ1n) is 9.55. The lowest BCUT2D eigenvalue weighted by atomic mass is 9.92. The largest absolute Gasteiger partial charge is 0.467 e. The second-order valence-corrected chi connectivity index (χ2v) is 7.02. The zero-order chi connectivity index (χ0) is 18.2. The quantitative estimate of drug-likeness (QED) is 0.708. The number of hydrogen-bond donors (Lipinski definition) is 2. The average molecular weight is 355 g/mol. The molecule has 0 unspecified atom stereocenters. The van der Waals surface area contributed by atoms with Crippen LogP contribution in [0.15, 0.2) is 30.7 Å². The summed E-state index contributed by atoms with van der Waals surface area (Å²) in [5.74, 6) is 0. The highest BCUT2D eigenvalue weighted by Crippen LogP contribution is 2.19. The minimum atomic E-state index is 0.378. The van der Waals surface area contributed by atoms with E-state index in [-0.39, 0.29) is 0 Å². The third-order valence-corrected chi connectivity index (χ3v) is 5.03. The molecule has 140 valence electrons. The Morgan fingerprint density at radius 2 is 1.73 bits per heavy atom. The number of methoxy groups -OCH3 is 1. The van der Waals surface area contributed by atoms with Gasteiger partial charge >= 0.3 is 6.01 Å². The molecule has 26 heavy (non-hydrogen) atoms. The number of nitrogens with zero attached hydrogens (tertiary/aromatic N) is 3. The first-order chi connectivity index (χ1) is 12.7. The summed E-state index contributed by atoms with van der Waals surface area (Å²) in [5.41, 5.74) is 9.05. The summed E-state index contributed by atoms with van der Waals surface area (Å²) < 4.78 is 4.98. The van der Waals surface area contributed by atoms with Crippen molar-refractivity contribution in [2.24, 2.45) is 5.73 Å². The minimum Gasteiger partial charge on any atom is -0.467 e. The molecule has 6 heteroatoms. The number of aryl methyl sites for hydroxylation is 1.